The molecule has 0 spiro atoms. The van der Waals surface area contributed by atoms with Gasteiger partial charge in [0.15, 0.2) is 5.13 Å². The standard InChI is InChI=1S/C22H23ClN2O2S/c1-3-16-6-12-19(13-7-16)27-14-4-5-20(26)24-22-25-21(15(2)28-22)17-8-10-18(23)11-9-17/h6-13H,3-5,14H2,1-2H3,(H,24,25,26). The maximum atomic E-state index is 12.2. The molecule has 1 aromatic heterocycles. The second-order valence-corrected chi connectivity index (χ2v) is 8.07. The van der Waals surface area contributed by atoms with E-state index in [0.717, 1.165) is 28.3 Å². The van der Waals surface area contributed by atoms with Crippen molar-refractivity contribution in [3.8, 4) is 17.0 Å². The number of carbonyl (C=O) groups is 1. The van der Waals surface area contributed by atoms with E-state index in [1.807, 2.05) is 43.3 Å². The molecule has 0 unspecified atom stereocenters. The number of anilines is 1. The monoisotopic (exact) mass is 414 g/mol. The molecule has 0 bridgehead atoms. The second-order valence-electron chi connectivity index (χ2n) is 6.43. The summed E-state index contributed by atoms with van der Waals surface area (Å²) in [6.07, 6.45) is 2.05. The quantitative estimate of drug-likeness (QED) is 0.451. The Morgan fingerprint density at radius 3 is 2.54 bits per heavy atom. The first kappa shape index (κ1) is 20.4. The highest BCUT2D eigenvalue weighted by Crippen LogP contribution is 2.31. The molecule has 28 heavy (non-hydrogen) atoms. The normalized spacial score (nSPS) is 10.7. The summed E-state index contributed by atoms with van der Waals surface area (Å²) in [7, 11) is 0. The van der Waals surface area contributed by atoms with Gasteiger partial charge in [-0.3, -0.25) is 4.79 Å². The molecule has 0 radical (unpaired) electrons. The van der Waals surface area contributed by atoms with E-state index in [1.54, 1.807) is 0 Å². The molecule has 0 atom stereocenters. The van der Waals surface area contributed by atoms with Crippen LogP contribution in [0.4, 0.5) is 5.13 Å². The van der Waals surface area contributed by atoms with Crippen molar-refractivity contribution < 1.29 is 9.53 Å². The zero-order valence-corrected chi connectivity index (χ0v) is 17.6. The van der Waals surface area contributed by atoms with E-state index in [0.29, 0.717) is 29.6 Å². The molecule has 1 heterocycles. The van der Waals surface area contributed by atoms with E-state index in [1.165, 1.54) is 16.9 Å². The molecule has 4 nitrogen and oxygen atoms in total. The van der Waals surface area contributed by atoms with Crippen molar-refractivity contribution >= 4 is 34.0 Å². The molecule has 0 saturated heterocycles. The summed E-state index contributed by atoms with van der Waals surface area (Å²) in [5, 5.41) is 4.19. The van der Waals surface area contributed by atoms with Gasteiger partial charge in [0.1, 0.15) is 5.75 Å². The molecule has 0 aliphatic carbocycles. The second kappa shape index (κ2) is 9.71. The lowest BCUT2D eigenvalue weighted by molar-refractivity contribution is -0.116. The van der Waals surface area contributed by atoms with Gasteiger partial charge < -0.3 is 10.1 Å². The Kier molecular flexibility index (Phi) is 7.06. The first-order chi connectivity index (χ1) is 13.5. The van der Waals surface area contributed by atoms with Crippen LogP contribution in [0.15, 0.2) is 48.5 Å². The third-order valence-electron chi connectivity index (χ3n) is 4.31. The van der Waals surface area contributed by atoms with Crippen molar-refractivity contribution in [2.24, 2.45) is 0 Å². The Labute approximate surface area is 174 Å². The zero-order chi connectivity index (χ0) is 19.9. The van der Waals surface area contributed by atoms with Crippen LogP contribution in [0.25, 0.3) is 11.3 Å². The van der Waals surface area contributed by atoms with Gasteiger partial charge in [0, 0.05) is 21.9 Å². The number of nitrogens with zero attached hydrogens (tertiary/aromatic N) is 1. The number of thiazole rings is 1. The zero-order valence-electron chi connectivity index (χ0n) is 16.0. The fraction of sp³-hybridized carbons (Fsp3) is 0.273. The highest BCUT2D eigenvalue weighted by Gasteiger charge is 2.12. The van der Waals surface area contributed by atoms with Crippen LogP contribution in [0.1, 0.15) is 30.2 Å². The van der Waals surface area contributed by atoms with Crippen molar-refractivity contribution in [3.63, 3.8) is 0 Å². The number of nitrogens with one attached hydrogen (secondary N) is 1. The molecule has 0 saturated carbocycles. The van der Waals surface area contributed by atoms with Gasteiger partial charge in [-0.05, 0) is 49.6 Å². The van der Waals surface area contributed by atoms with Gasteiger partial charge in [-0.2, -0.15) is 0 Å². The van der Waals surface area contributed by atoms with Crippen LogP contribution < -0.4 is 10.1 Å². The molecular weight excluding hydrogens is 392 g/mol. The van der Waals surface area contributed by atoms with E-state index in [9.17, 15) is 4.79 Å². The third-order valence-corrected chi connectivity index (χ3v) is 5.45. The summed E-state index contributed by atoms with van der Waals surface area (Å²) in [4.78, 5) is 17.8. The predicted molar refractivity (Wildman–Crippen MR) is 116 cm³/mol. The summed E-state index contributed by atoms with van der Waals surface area (Å²) >= 11 is 7.41. The average molecular weight is 415 g/mol. The minimum absolute atomic E-state index is 0.0543. The highest BCUT2D eigenvalue weighted by molar-refractivity contribution is 7.16. The Morgan fingerprint density at radius 2 is 1.86 bits per heavy atom. The third kappa shape index (κ3) is 5.57. The van der Waals surface area contributed by atoms with Gasteiger partial charge in [0.05, 0.1) is 12.3 Å². The summed E-state index contributed by atoms with van der Waals surface area (Å²) in [5.41, 5.74) is 3.14. The highest BCUT2D eigenvalue weighted by atomic mass is 35.5. The van der Waals surface area contributed by atoms with Crippen LogP contribution in [0, 0.1) is 6.92 Å². The number of aromatic nitrogens is 1. The number of hydrogen-bond donors (Lipinski definition) is 1. The summed E-state index contributed by atoms with van der Waals surface area (Å²) in [6.45, 7) is 4.62. The number of halogens is 1. The molecule has 2 aromatic carbocycles. The van der Waals surface area contributed by atoms with Crippen LogP contribution in [-0.2, 0) is 11.2 Å². The van der Waals surface area contributed by atoms with Crippen LogP contribution in [0.3, 0.4) is 0 Å². The van der Waals surface area contributed by atoms with Crippen molar-refractivity contribution in [3.05, 3.63) is 64.0 Å². The molecule has 3 aromatic rings. The van der Waals surface area contributed by atoms with E-state index in [4.69, 9.17) is 16.3 Å². The van der Waals surface area contributed by atoms with Gasteiger partial charge in [-0.15, -0.1) is 11.3 Å². The first-order valence-corrected chi connectivity index (χ1v) is 10.5. The minimum atomic E-state index is -0.0543. The van der Waals surface area contributed by atoms with E-state index >= 15 is 0 Å². The molecule has 0 fully saturated rings. The summed E-state index contributed by atoms with van der Waals surface area (Å²) in [6, 6.07) is 15.6. The Bertz CT molecular complexity index is 921. The Balaban J connectivity index is 1.47. The van der Waals surface area contributed by atoms with Gasteiger partial charge in [0.2, 0.25) is 5.91 Å². The number of ether oxygens (including phenoxy) is 1. The largest absolute Gasteiger partial charge is 0.494 e. The van der Waals surface area contributed by atoms with E-state index in [2.05, 4.69) is 29.4 Å². The van der Waals surface area contributed by atoms with Crippen LogP contribution >= 0.6 is 22.9 Å². The Hall–Kier alpha value is -2.37. The van der Waals surface area contributed by atoms with Gasteiger partial charge in [-0.1, -0.05) is 42.8 Å². The first-order valence-electron chi connectivity index (χ1n) is 9.30. The van der Waals surface area contributed by atoms with Crippen LogP contribution in [0.2, 0.25) is 5.02 Å². The summed E-state index contributed by atoms with van der Waals surface area (Å²) < 4.78 is 5.69. The molecule has 146 valence electrons. The van der Waals surface area contributed by atoms with Gasteiger partial charge in [-0.25, -0.2) is 4.98 Å². The predicted octanol–water partition coefficient (Wildman–Crippen LogP) is 6.13. The minimum Gasteiger partial charge on any atom is -0.494 e. The van der Waals surface area contributed by atoms with Crippen molar-refractivity contribution in [2.45, 2.75) is 33.1 Å². The fourth-order valence-electron chi connectivity index (χ4n) is 2.75. The lowest BCUT2D eigenvalue weighted by atomic mass is 10.1. The number of benzene rings is 2. The lowest BCUT2D eigenvalue weighted by Crippen LogP contribution is -2.12. The number of hydrogen-bond acceptors (Lipinski definition) is 4. The average Bonchev–Trinajstić information content (AvgIpc) is 3.06. The maximum Gasteiger partial charge on any atom is 0.226 e. The van der Waals surface area contributed by atoms with Crippen molar-refractivity contribution in [1.29, 1.82) is 0 Å². The molecular formula is C22H23ClN2O2S. The SMILES string of the molecule is CCc1ccc(OCCCC(=O)Nc2nc(-c3ccc(Cl)cc3)c(C)s2)cc1. The topological polar surface area (TPSA) is 51.2 Å². The molecule has 0 aliphatic rings. The van der Waals surface area contributed by atoms with Crippen molar-refractivity contribution in [2.75, 3.05) is 11.9 Å². The van der Waals surface area contributed by atoms with E-state index in [-0.39, 0.29) is 5.91 Å². The van der Waals surface area contributed by atoms with Crippen LogP contribution in [-0.4, -0.2) is 17.5 Å². The molecule has 1 N–H and O–H groups in total. The van der Waals surface area contributed by atoms with Crippen LogP contribution in [0.5, 0.6) is 5.75 Å². The molecule has 3 rings (SSSR count). The molecule has 1 amide bonds. The Morgan fingerprint density at radius 1 is 1.14 bits per heavy atom. The number of aryl methyl sites for hydroxylation is 2. The van der Waals surface area contributed by atoms with Gasteiger partial charge in [0.25, 0.3) is 0 Å². The maximum absolute atomic E-state index is 12.2. The number of carbonyl (C=O) groups excluding carboxylic acids is 1. The summed E-state index contributed by atoms with van der Waals surface area (Å²) in [5.74, 6) is 0.780. The van der Waals surface area contributed by atoms with E-state index < -0.39 is 0 Å². The lowest BCUT2D eigenvalue weighted by Gasteiger charge is -2.06. The smallest absolute Gasteiger partial charge is 0.226 e. The molecule has 0 aliphatic heterocycles. The fourth-order valence-corrected chi connectivity index (χ4v) is 3.73. The van der Waals surface area contributed by atoms with Gasteiger partial charge >= 0.3 is 0 Å². The van der Waals surface area contributed by atoms with Crippen molar-refractivity contribution in [1.82, 2.24) is 4.98 Å². The number of rotatable bonds is 8. The molecule has 6 heteroatoms. The number of amides is 1.